The van der Waals surface area contributed by atoms with Gasteiger partial charge in [-0.3, -0.25) is 0 Å². The van der Waals surface area contributed by atoms with Crippen molar-refractivity contribution in [2.75, 3.05) is 46.2 Å². The van der Waals surface area contributed by atoms with Crippen molar-refractivity contribution < 1.29 is 38.0 Å². The number of carbonyl (C=O) groups is 2. The average Bonchev–Trinajstić information content (AvgIpc) is 3.21. The van der Waals surface area contributed by atoms with E-state index in [0.717, 1.165) is 112 Å². The third-order valence-electron chi connectivity index (χ3n) is 10.3. The van der Waals surface area contributed by atoms with Crippen LogP contribution in [0.25, 0.3) is 22.3 Å². The topological polar surface area (TPSA) is 89.5 Å². The first-order chi connectivity index (χ1) is 27.2. The average molecular weight is 765 g/mol. The number of rotatable bonds is 24. The highest BCUT2D eigenvalue weighted by molar-refractivity contribution is 5.90. The van der Waals surface area contributed by atoms with Crippen LogP contribution in [-0.2, 0) is 18.9 Å². The number of ether oxygens (including phenoxy) is 6. The zero-order chi connectivity index (χ0) is 39.6. The fraction of sp³-hybridized carbons (Fsp3) is 0.458. The molecule has 1 fully saturated rings. The first-order valence-electron chi connectivity index (χ1n) is 20.4. The Morgan fingerprint density at radius 3 is 1.62 bits per heavy atom. The van der Waals surface area contributed by atoms with E-state index in [1.54, 1.807) is 24.3 Å². The molecule has 56 heavy (non-hydrogen) atoms. The minimum atomic E-state index is -0.328. The third-order valence-corrected chi connectivity index (χ3v) is 10.3. The van der Waals surface area contributed by atoms with Crippen molar-refractivity contribution in [2.45, 2.75) is 85.2 Å². The summed E-state index contributed by atoms with van der Waals surface area (Å²) in [5.41, 5.74) is 5.44. The summed E-state index contributed by atoms with van der Waals surface area (Å²) in [5.74, 6) is 1.38. The van der Waals surface area contributed by atoms with Gasteiger partial charge in [0.15, 0.2) is 0 Å². The Balaban J connectivity index is 0.904. The van der Waals surface area contributed by atoms with Crippen molar-refractivity contribution >= 4 is 11.9 Å². The van der Waals surface area contributed by atoms with Gasteiger partial charge in [-0.05, 0) is 129 Å². The molecular weight excluding hydrogens is 705 g/mol. The van der Waals surface area contributed by atoms with Gasteiger partial charge in [0, 0.05) is 12.0 Å². The van der Waals surface area contributed by atoms with E-state index in [1.807, 2.05) is 72.8 Å². The summed E-state index contributed by atoms with van der Waals surface area (Å²) in [4.78, 5) is 25.3. The fourth-order valence-corrected chi connectivity index (χ4v) is 6.35. The molecule has 4 aromatic rings. The minimum Gasteiger partial charge on any atom is -0.494 e. The van der Waals surface area contributed by atoms with Crippen LogP contribution in [0, 0.1) is 11.3 Å². The maximum Gasteiger partial charge on any atom is 0.338 e. The van der Waals surface area contributed by atoms with Gasteiger partial charge in [-0.15, -0.1) is 0 Å². The van der Waals surface area contributed by atoms with Gasteiger partial charge in [-0.1, -0.05) is 75.7 Å². The maximum absolute atomic E-state index is 12.7. The van der Waals surface area contributed by atoms with Gasteiger partial charge < -0.3 is 28.4 Å². The lowest BCUT2D eigenvalue weighted by Crippen LogP contribution is -2.43. The second-order valence-electron chi connectivity index (χ2n) is 15.5. The summed E-state index contributed by atoms with van der Waals surface area (Å²) in [7, 11) is 0. The van der Waals surface area contributed by atoms with Crippen LogP contribution in [0.1, 0.15) is 99.8 Å². The lowest BCUT2D eigenvalue weighted by molar-refractivity contribution is -0.137. The first-order valence-corrected chi connectivity index (χ1v) is 20.4. The number of benzene rings is 4. The zero-order valence-electron chi connectivity index (χ0n) is 33.8. The Hall–Kier alpha value is -4.66. The van der Waals surface area contributed by atoms with Crippen LogP contribution in [0.3, 0.4) is 0 Å². The van der Waals surface area contributed by atoms with Crippen LogP contribution in [0.4, 0.5) is 0 Å². The quantitative estimate of drug-likeness (QED) is 0.0515. The number of carbonyl (C=O) groups excluding carboxylic acids is 2. The minimum absolute atomic E-state index is 0.177. The molecule has 1 saturated heterocycles. The van der Waals surface area contributed by atoms with Gasteiger partial charge in [0.25, 0.3) is 0 Å². The van der Waals surface area contributed by atoms with Crippen LogP contribution in [0.2, 0.25) is 0 Å². The van der Waals surface area contributed by atoms with Crippen molar-refractivity contribution in [1.29, 1.82) is 0 Å². The van der Waals surface area contributed by atoms with Crippen molar-refractivity contribution in [2.24, 2.45) is 11.3 Å². The second kappa shape index (κ2) is 22.2. The van der Waals surface area contributed by atoms with E-state index in [2.05, 4.69) is 27.7 Å². The van der Waals surface area contributed by atoms with E-state index in [9.17, 15) is 9.59 Å². The Bertz CT molecular complexity index is 1750. The van der Waals surface area contributed by atoms with Gasteiger partial charge in [0.2, 0.25) is 0 Å². The highest BCUT2D eigenvalue weighted by atomic mass is 16.5. The summed E-state index contributed by atoms with van der Waals surface area (Å²) in [6.07, 6.45) is 7.84. The first kappa shape index (κ1) is 42.5. The highest BCUT2D eigenvalue weighted by Gasteiger charge is 2.33. The molecule has 4 aromatic carbocycles. The summed E-state index contributed by atoms with van der Waals surface area (Å²) < 4.78 is 34.0. The molecule has 8 nitrogen and oxygen atoms in total. The molecule has 0 spiro atoms. The van der Waals surface area contributed by atoms with Gasteiger partial charge in [-0.25, -0.2) is 9.59 Å². The number of hydrogen-bond donors (Lipinski definition) is 0. The zero-order valence-corrected chi connectivity index (χ0v) is 33.8. The van der Waals surface area contributed by atoms with Gasteiger partial charge in [0.1, 0.15) is 11.5 Å². The maximum atomic E-state index is 12.7. The molecule has 1 unspecified atom stereocenters. The summed E-state index contributed by atoms with van der Waals surface area (Å²) in [6, 6.07) is 31.0. The molecular formula is C48H60O8. The molecule has 0 saturated carbocycles. The fourth-order valence-electron chi connectivity index (χ4n) is 6.35. The van der Waals surface area contributed by atoms with Gasteiger partial charge in [-0.2, -0.15) is 0 Å². The predicted octanol–water partition coefficient (Wildman–Crippen LogP) is 11.0. The molecule has 5 rings (SSSR count). The Morgan fingerprint density at radius 1 is 0.607 bits per heavy atom. The highest BCUT2D eigenvalue weighted by Crippen LogP contribution is 2.27. The van der Waals surface area contributed by atoms with E-state index in [1.165, 1.54) is 0 Å². The Labute approximate surface area is 333 Å². The molecule has 1 aliphatic heterocycles. The van der Waals surface area contributed by atoms with Gasteiger partial charge >= 0.3 is 11.9 Å². The summed E-state index contributed by atoms with van der Waals surface area (Å²) in [5, 5.41) is 0. The van der Waals surface area contributed by atoms with Crippen molar-refractivity contribution in [3.8, 4) is 33.8 Å². The lowest BCUT2D eigenvalue weighted by atomic mass is 9.90. The normalized spacial score (nSPS) is 14.3. The molecule has 8 heteroatoms. The number of esters is 2. The smallest absolute Gasteiger partial charge is 0.338 e. The second-order valence-corrected chi connectivity index (χ2v) is 15.5. The molecule has 1 aliphatic rings. The van der Waals surface area contributed by atoms with E-state index >= 15 is 0 Å². The SMILES string of the molecule is CC[C@H](C)Oc1ccc(-c2ccc(C(=O)OCCC(C)CCCOC(=O)c3ccc(-c4ccc(OCCCCCCOCC5(C)COC5)cc4)cc3)cc2)cc1. The van der Waals surface area contributed by atoms with Crippen LogP contribution < -0.4 is 9.47 Å². The number of unbranched alkanes of at least 4 members (excludes halogenated alkanes) is 3. The van der Waals surface area contributed by atoms with Crippen LogP contribution >= 0.6 is 0 Å². The van der Waals surface area contributed by atoms with Crippen LogP contribution in [0.5, 0.6) is 11.5 Å². The lowest BCUT2D eigenvalue weighted by Gasteiger charge is -2.37. The molecule has 300 valence electrons. The molecule has 0 aromatic heterocycles. The van der Waals surface area contributed by atoms with Crippen LogP contribution in [0.15, 0.2) is 97.1 Å². The molecule has 0 aliphatic carbocycles. The predicted molar refractivity (Wildman–Crippen MR) is 221 cm³/mol. The largest absolute Gasteiger partial charge is 0.494 e. The van der Waals surface area contributed by atoms with E-state index in [4.69, 9.17) is 28.4 Å². The number of hydrogen-bond acceptors (Lipinski definition) is 8. The van der Waals surface area contributed by atoms with Gasteiger partial charge in [0.05, 0.1) is 56.9 Å². The summed E-state index contributed by atoms with van der Waals surface area (Å²) in [6.45, 7) is 13.1. The van der Waals surface area contributed by atoms with Crippen molar-refractivity contribution in [1.82, 2.24) is 0 Å². The standard InChI is InChI=1S/C48H60O8/c1-5-37(3)56-45-26-22-41(23-27-45)39-14-18-43(19-15-39)47(50)55-32-28-36(2)11-10-31-54-46(49)42-16-12-38(13-17-42)40-20-24-44(25-21-40)53-30-9-7-6-8-29-51-33-48(4)34-52-35-48/h12-27,36-37H,5-11,28-35H2,1-4H3/t36?,37-/m0/s1. The van der Waals surface area contributed by atoms with Crippen molar-refractivity contribution in [3.05, 3.63) is 108 Å². The molecule has 1 heterocycles. The van der Waals surface area contributed by atoms with E-state index < -0.39 is 0 Å². The summed E-state index contributed by atoms with van der Waals surface area (Å²) >= 11 is 0. The molecule has 2 atom stereocenters. The Kier molecular flexibility index (Phi) is 16.8. The molecule has 0 N–H and O–H groups in total. The van der Waals surface area contributed by atoms with Crippen molar-refractivity contribution in [3.63, 3.8) is 0 Å². The molecule has 0 amide bonds. The Morgan fingerprint density at radius 2 is 1.11 bits per heavy atom. The molecule has 0 bridgehead atoms. The van der Waals surface area contributed by atoms with E-state index in [-0.39, 0.29) is 23.5 Å². The van der Waals surface area contributed by atoms with Crippen LogP contribution in [-0.4, -0.2) is 64.3 Å². The van der Waals surface area contributed by atoms with E-state index in [0.29, 0.717) is 36.9 Å². The molecule has 0 radical (unpaired) electrons. The monoisotopic (exact) mass is 764 g/mol. The third kappa shape index (κ3) is 13.8.